The predicted octanol–water partition coefficient (Wildman–Crippen LogP) is 1.47. The van der Waals surface area contributed by atoms with Crippen molar-refractivity contribution in [3.63, 3.8) is 0 Å². The summed E-state index contributed by atoms with van der Waals surface area (Å²) in [4.78, 5) is 0. The summed E-state index contributed by atoms with van der Waals surface area (Å²) >= 11 is 0. The quantitative estimate of drug-likeness (QED) is 0.559. The van der Waals surface area contributed by atoms with Crippen LogP contribution in [0.5, 0.6) is 0 Å². The first kappa shape index (κ1) is 6.57. The zero-order valence-corrected chi connectivity index (χ0v) is 5.47. The van der Waals surface area contributed by atoms with E-state index in [0.29, 0.717) is 12.5 Å². The third-order valence-electron chi connectivity index (χ3n) is 1.60. The van der Waals surface area contributed by atoms with Crippen molar-refractivity contribution in [2.45, 2.75) is 31.8 Å². The normalized spacial score (nSPS) is 25.9. The molecule has 50 valence electrons. The van der Waals surface area contributed by atoms with Crippen molar-refractivity contribution in [1.29, 1.82) is 5.26 Å². The van der Waals surface area contributed by atoms with Crippen molar-refractivity contribution >= 4 is 0 Å². The number of ether oxygens (including phenoxy) is 1. The summed E-state index contributed by atoms with van der Waals surface area (Å²) in [7, 11) is 0. The van der Waals surface area contributed by atoms with Crippen molar-refractivity contribution in [2.75, 3.05) is 6.61 Å². The van der Waals surface area contributed by atoms with Gasteiger partial charge in [0.2, 0.25) is 0 Å². The van der Waals surface area contributed by atoms with Crippen LogP contribution < -0.4 is 0 Å². The van der Waals surface area contributed by atoms with E-state index in [2.05, 4.69) is 6.07 Å². The minimum absolute atomic E-state index is 0.393. The Labute approximate surface area is 55.4 Å². The first-order valence-electron chi connectivity index (χ1n) is 3.42. The molecule has 0 saturated carbocycles. The van der Waals surface area contributed by atoms with Gasteiger partial charge in [0.1, 0.15) is 0 Å². The van der Waals surface area contributed by atoms with Gasteiger partial charge in [-0.15, -0.1) is 0 Å². The standard InChI is InChI=1S/C7H11NO/c8-5-1-3-7-4-2-6-9-7/h7H,1-4,6H2/t7-/m0/s1. The lowest BCUT2D eigenvalue weighted by Gasteiger charge is -2.03. The third-order valence-corrected chi connectivity index (χ3v) is 1.60. The Balaban J connectivity index is 2.06. The summed E-state index contributed by atoms with van der Waals surface area (Å²) in [6.45, 7) is 0.899. The van der Waals surface area contributed by atoms with Gasteiger partial charge in [-0.1, -0.05) is 0 Å². The van der Waals surface area contributed by atoms with Crippen LogP contribution in [0.2, 0.25) is 0 Å². The number of hydrogen-bond donors (Lipinski definition) is 0. The zero-order chi connectivity index (χ0) is 6.53. The van der Waals surface area contributed by atoms with Gasteiger partial charge in [-0.25, -0.2) is 0 Å². The molecule has 1 saturated heterocycles. The van der Waals surface area contributed by atoms with E-state index in [1.54, 1.807) is 0 Å². The van der Waals surface area contributed by atoms with Crippen LogP contribution in [-0.2, 0) is 4.74 Å². The second kappa shape index (κ2) is 3.47. The van der Waals surface area contributed by atoms with Gasteiger partial charge in [-0.2, -0.15) is 5.26 Å². The number of hydrogen-bond acceptors (Lipinski definition) is 2. The topological polar surface area (TPSA) is 33.0 Å². The minimum atomic E-state index is 0.393. The highest BCUT2D eigenvalue weighted by atomic mass is 16.5. The Morgan fingerprint density at radius 3 is 3.11 bits per heavy atom. The fourth-order valence-electron chi connectivity index (χ4n) is 1.10. The van der Waals surface area contributed by atoms with Gasteiger partial charge < -0.3 is 4.74 Å². The number of rotatable bonds is 2. The molecular formula is C7H11NO. The van der Waals surface area contributed by atoms with E-state index in [-0.39, 0.29) is 0 Å². The first-order valence-corrected chi connectivity index (χ1v) is 3.42. The van der Waals surface area contributed by atoms with E-state index in [9.17, 15) is 0 Å². The van der Waals surface area contributed by atoms with Crippen molar-refractivity contribution in [2.24, 2.45) is 0 Å². The summed E-state index contributed by atoms with van der Waals surface area (Å²) in [5.41, 5.74) is 0. The highest BCUT2D eigenvalue weighted by Crippen LogP contribution is 2.15. The molecular weight excluding hydrogens is 114 g/mol. The van der Waals surface area contributed by atoms with E-state index in [4.69, 9.17) is 10.00 Å². The lowest BCUT2D eigenvalue weighted by atomic mass is 10.1. The molecule has 1 rings (SSSR count). The smallest absolute Gasteiger partial charge is 0.0622 e. The first-order chi connectivity index (χ1) is 4.43. The second-order valence-corrected chi connectivity index (χ2v) is 2.33. The highest BCUT2D eigenvalue weighted by molar-refractivity contribution is 4.74. The molecule has 2 heteroatoms. The van der Waals surface area contributed by atoms with Crippen LogP contribution >= 0.6 is 0 Å². The van der Waals surface area contributed by atoms with E-state index in [1.165, 1.54) is 6.42 Å². The molecule has 0 aromatic carbocycles. The fraction of sp³-hybridized carbons (Fsp3) is 0.857. The molecule has 2 nitrogen and oxygen atoms in total. The largest absolute Gasteiger partial charge is 0.378 e. The highest BCUT2D eigenvalue weighted by Gasteiger charge is 2.13. The minimum Gasteiger partial charge on any atom is -0.378 e. The fourth-order valence-corrected chi connectivity index (χ4v) is 1.10. The maximum atomic E-state index is 8.22. The molecule has 0 spiro atoms. The molecule has 1 aliphatic heterocycles. The zero-order valence-electron chi connectivity index (χ0n) is 5.47. The molecule has 1 heterocycles. The van der Waals surface area contributed by atoms with Crippen LogP contribution in [0.25, 0.3) is 0 Å². The second-order valence-electron chi connectivity index (χ2n) is 2.33. The van der Waals surface area contributed by atoms with E-state index >= 15 is 0 Å². The van der Waals surface area contributed by atoms with Crippen LogP contribution in [0.15, 0.2) is 0 Å². The molecule has 1 aliphatic rings. The van der Waals surface area contributed by atoms with Gasteiger partial charge in [0.15, 0.2) is 0 Å². The van der Waals surface area contributed by atoms with Gasteiger partial charge in [-0.3, -0.25) is 0 Å². The van der Waals surface area contributed by atoms with E-state index < -0.39 is 0 Å². The number of nitrogens with zero attached hydrogens (tertiary/aromatic N) is 1. The van der Waals surface area contributed by atoms with Crippen LogP contribution in [0.3, 0.4) is 0 Å². The Morgan fingerprint density at radius 1 is 1.67 bits per heavy atom. The molecule has 9 heavy (non-hydrogen) atoms. The maximum Gasteiger partial charge on any atom is 0.0622 e. The molecule has 0 aromatic heterocycles. The Morgan fingerprint density at radius 2 is 2.56 bits per heavy atom. The van der Waals surface area contributed by atoms with Crippen LogP contribution in [0.1, 0.15) is 25.7 Å². The Bertz CT molecular complexity index is 111. The van der Waals surface area contributed by atoms with Gasteiger partial charge in [0.25, 0.3) is 0 Å². The van der Waals surface area contributed by atoms with Crippen LogP contribution in [0, 0.1) is 11.3 Å². The van der Waals surface area contributed by atoms with Crippen LogP contribution in [-0.4, -0.2) is 12.7 Å². The lowest BCUT2D eigenvalue weighted by Crippen LogP contribution is -2.02. The van der Waals surface area contributed by atoms with Crippen molar-refractivity contribution < 1.29 is 4.74 Å². The summed E-state index contributed by atoms with van der Waals surface area (Å²) < 4.78 is 5.30. The summed E-state index contributed by atoms with van der Waals surface area (Å²) in [5.74, 6) is 0. The average molecular weight is 125 g/mol. The summed E-state index contributed by atoms with van der Waals surface area (Å²) in [6, 6.07) is 2.11. The molecule has 0 aliphatic carbocycles. The number of nitriles is 1. The molecule has 0 unspecified atom stereocenters. The summed E-state index contributed by atoms with van der Waals surface area (Å²) in [6.07, 6.45) is 4.29. The molecule has 0 aromatic rings. The monoisotopic (exact) mass is 125 g/mol. The molecule has 0 N–H and O–H groups in total. The molecule has 0 radical (unpaired) electrons. The van der Waals surface area contributed by atoms with Gasteiger partial charge in [0.05, 0.1) is 12.2 Å². The van der Waals surface area contributed by atoms with Gasteiger partial charge in [-0.05, 0) is 19.3 Å². The molecule has 1 atom stereocenters. The van der Waals surface area contributed by atoms with E-state index in [1.807, 2.05) is 0 Å². The predicted molar refractivity (Wildman–Crippen MR) is 33.8 cm³/mol. The van der Waals surface area contributed by atoms with Crippen LogP contribution in [0.4, 0.5) is 0 Å². The average Bonchev–Trinajstić information content (AvgIpc) is 2.34. The van der Waals surface area contributed by atoms with Crippen molar-refractivity contribution in [3.05, 3.63) is 0 Å². The van der Waals surface area contributed by atoms with E-state index in [0.717, 1.165) is 19.4 Å². The third kappa shape index (κ3) is 2.03. The lowest BCUT2D eigenvalue weighted by molar-refractivity contribution is 0.105. The van der Waals surface area contributed by atoms with Crippen molar-refractivity contribution in [3.8, 4) is 6.07 Å². The van der Waals surface area contributed by atoms with Gasteiger partial charge in [0, 0.05) is 13.0 Å². The molecule has 1 fully saturated rings. The molecule has 0 amide bonds. The van der Waals surface area contributed by atoms with Gasteiger partial charge >= 0.3 is 0 Å². The SMILES string of the molecule is N#CCC[C@H]1CCCO1. The summed E-state index contributed by atoms with van der Waals surface area (Å²) in [5, 5.41) is 8.22. The maximum absolute atomic E-state index is 8.22. The molecule has 0 bridgehead atoms. The Hall–Kier alpha value is -0.550. The Kier molecular flexibility index (Phi) is 2.53. The van der Waals surface area contributed by atoms with Crippen molar-refractivity contribution in [1.82, 2.24) is 0 Å².